The van der Waals surface area contributed by atoms with Gasteiger partial charge in [-0.1, -0.05) is 6.07 Å². The van der Waals surface area contributed by atoms with Crippen molar-refractivity contribution in [1.82, 2.24) is 14.9 Å². The Balaban J connectivity index is 1.61. The van der Waals surface area contributed by atoms with E-state index >= 15 is 0 Å². The number of carbonyl (C=O) groups is 1. The van der Waals surface area contributed by atoms with Gasteiger partial charge in [0, 0.05) is 29.6 Å². The molecule has 0 aliphatic carbocycles. The van der Waals surface area contributed by atoms with Crippen LogP contribution >= 0.6 is 0 Å². The van der Waals surface area contributed by atoms with Crippen molar-refractivity contribution in [2.24, 2.45) is 0 Å². The summed E-state index contributed by atoms with van der Waals surface area (Å²) in [5, 5.41) is 10.8. The molecule has 0 fully saturated rings. The number of benzene rings is 3. The molecule has 1 aromatic heterocycles. The molecule has 3 aromatic carbocycles. The molecule has 1 aliphatic rings. The van der Waals surface area contributed by atoms with Gasteiger partial charge >= 0.3 is 0 Å². The lowest BCUT2D eigenvalue weighted by Gasteiger charge is -2.29. The first kappa shape index (κ1) is 25.1. The molecule has 4 aromatic rings. The van der Waals surface area contributed by atoms with Gasteiger partial charge in [-0.15, -0.1) is 0 Å². The van der Waals surface area contributed by atoms with Crippen LogP contribution in [0.3, 0.4) is 0 Å². The first-order chi connectivity index (χ1) is 18.4. The lowest BCUT2D eigenvalue weighted by Crippen LogP contribution is -2.36. The Labute approximate surface area is 218 Å². The monoisotopic (exact) mass is 519 g/mol. The molecule has 1 aliphatic heterocycles. The van der Waals surface area contributed by atoms with Gasteiger partial charge in [-0.25, -0.2) is 14.4 Å². The van der Waals surface area contributed by atoms with E-state index in [-0.39, 0.29) is 29.7 Å². The molecule has 0 atom stereocenters. The van der Waals surface area contributed by atoms with E-state index < -0.39 is 5.82 Å². The van der Waals surface area contributed by atoms with Crippen LogP contribution in [0.4, 0.5) is 4.39 Å². The smallest absolute Gasteiger partial charge is 0.273 e. The molecule has 196 valence electrons. The summed E-state index contributed by atoms with van der Waals surface area (Å²) in [6, 6.07) is 10.9. The van der Waals surface area contributed by atoms with E-state index in [9.17, 15) is 14.3 Å². The van der Waals surface area contributed by atoms with Crippen LogP contribution < -0.4 is 18.9 Å². The van der Waals surface area contributed by atoms with Crippen molar-refractivity contribution in [3.05, 3.63) is 65.1 Å². The van der Waals surface area contributed by atoms with Crippen molar-refractivity contribution in [3.63, 3.8) is 0 Å². The van der Waals surface area contributed by atoms with Crippen molar-refractivity contribution in [1.29, 1.82) is 0 Å². The molecule has 0 spiro atoms. The fourth-order valence-electron chi connectivity index (χ4n) is 4.71. The number of methoxy groups -OCH3 is 4. The minimum Gasteiger partial charge on any atom is -0.504 e. The maximum absolute atomic E-state index is 14.3. The third-order valence-electron chi connectivity index (χ3n) is 6.63. The van der Waals surface area contributed by atoms with Gasteiger partial charge in [-0.3, -0.25) is 4.79 Å². The Morgan fingerprint density at radius 3 is 2.29 bits per heavy atom. The maximum atomic E-state index is 14.3. The quantitative estimate of drug-likeness (QED) is 0.401. The van der Waals surface area contributed by atoms with Gasteiger partial charge < -0.3 is 29.0 Å². The molecule has 0 saturated heterocycles. The number of aromatic hydroxyl groups is 1. The number of aromatic nitrogens is 2. The lowest BCUT2D eigenvalue weighted by atomic mass is 9.97. The molecule has 1 N–H and O–H groups in total. The normalized spacial score (nSPS) is 12.7. The fraction of sp³-hybridized carbons (Fsp3) is 0.250. The first-order valence-corrected chi connectivity index (χ1v) is 11.8. The second-order valence-corrected chi connectivity index (χ2v) is 8.70. The highest BCUT2D eigenvalue weighted by atomic mass is 19.1. The number of hydrogen-bond acceptors (Lipinski definition) is 8. The van der Waals surface area contributed by atoms with Crippen LogP contribution in [-0.4, -0.2) is 60.9 Å². The van der Waals surface area contributed by atoms with Crippen molar-refractivity contribution in [3.8, 4) is 40.1 Å². The standard InChI is InChI=1S/C28H26FN3O6/c1-35-21-8-5-15-14-32(10-9-18(15)25(21)33)28(34)24-19-13-17(29)6-7-20(19)30-27(31-24)16-11-22(36-2)26(38-4)23(12-16)37-3/h5-8,11-13,33H,9-10,14H2,1-4H3. The first-order valence-electron chi connectivity index (χ1n) is 11.8. The van der Waals surface area contributed by atoms with E-state index in [4.69, 9.17) is 18.9 Å². The van der Waals surface area contributed by atoms with Gasteiger partial charge in [0.25, 0.3) is 5.91 Å². The Kier molecular flexibility index (Phi) is 6.62. The Morgan fingerprint density at radius 1 is 0.921 bits per heavy atom. The average molecular weight is 520 g/mol. The summed E-state index contributed by atoms with van der Waals surface area (Å²) in [5.41, 5.74) is 2.55. The van der Waals surface area contributed by atoms with Crippen molar-refractivity contribution < 1.29 is 33.2 Å². The van der Waals surface area contributed by atoms with Gasteiger partial charge in [0.15, 0.2) is 28.8 Å². The number of rotatable bonds is 6. The Hall–Kier alpha value is -4.60. The van der Waals surface area contributed by atoms with Crippen molar-refractivity contribution >= 4 is 16.8 Å². The highest BCUT2D eigenvalue weighted by molar-refractivity contribution is 6.05. The van der Waals surface area contributed by atoms with E-state index in [1.54, 1.807) is 23.1 Å². The summed E-state index contributed by atoms with van der Waals surface area (Å²) in [5.74, 6) is 1.04. The molecule has 0 saturated carbocycles. The average Bonchev–Trinajstić information content (AvgIpc) is 2.95. The summed E-state index contributed by atoms with van der Waals surface area (Å²) < 4.78 is 35.8. The number of hydrogen-bond donors (Lipinski definition) is 1. The summed E-state index contributed by atoms with van der Waals surface area (Å²) in [4.78, 5) is 24.7. The molecule has 5 rings (SSSR count). The van der Waals surface area contributed by atoms with Crippen LogP contribution in [0.1, 0.15) is 21.6 Å². The molecular formula is C28H26FN3O6. The number of nitrogens with zero attached hydrogens (tertiary/aromatic N) is 3. The summed E-state index contributed by atoms with van der Waals surface area (Å²) in [6.07, 6.45) is 0.432. The van der Waals surface area contributed by atoms with Gasteiger partial charge in [0.05, 0.1) is 34.0 Å². The molecular weight excluding hydrogens is 493 g/mol. The number of amides is 1. The van der Waals surface area contributed by atoms with Crippen LogP contribution in [0.5, 0.6) is 28.7 Å². The number of phenols is 1. The number of ether oxygens (including phenoxy) is 4. The molecule has 0 bridgehead atoms. The minimum atomic E-state index is -0.503. The van der Waals surface area contributed by atoms with Crippen molar-refractivity contribution in [2.45, 2.75) is 13.0 Å². The highest BCUT2D eigenvalue weighted by Crippen LogP contribution is 2.41. The Morgan fingerprint density at radius 2 is 1.63 bits per heavy atom. The number of halogens is 1. The summed E-state index contributed by atoms with van der Waals surface area (Å²) >= 11 is 0. The molecule has 0 radical (unpaired) electrons. The molecule has 10 heteroatoms. The second-order valence-electron chi connectivity index (χ2n) is 8.70. The van der Waals surface area contributed by atoms with Gasteiger partial charge in [-0.2, -0.15) is 0 Å². The fourth-order valence-corrected chi connectivity index (χ4v) is 4.71. The zero-order valence-corrected chi connectivity index (χ0v) is 21.4. The van der Waals surface area contributed by atoms with Crippen molar-refractivity contribution in [2.75, 3.05) is 35.0 Å². The third kappa shape index (κ3) is 4.27. The topological polar surface area (TPSA) is 103 Å². The van der Waals surface area contributed by atoms with E-state index in [0.717, 1.165) is 11.1 Å². The molecule has 2 heterocycles. The number of fused-ring (bicyclic) bond motifs is 2. The second kappa shape index (κ2) is 10.0. The predicted octanol–water partition coefficient (Wildman–Crippen LogP) is 4.37. The zero-order chi connectivity index (χ0) is 27.0. The summed E-state index contributed by atoms with van der Waals surface area (Å²) in [7, 11) is 6.00. The van der Waals surface area contributed by atoms with E-state index in [1.807, 2.05) is 6.07 Å². The van der Waals surface area contributed by atoms with Crippen LogP contribution in [-0.2, 0) is 13.0 Å². The zero-order valence-electron chi connectivity index (χ0n) is 21.4. The van der Waals surface area contributed by atoms with Crippen LogP contribution in [0, 0.1) is 5.82 Å². The molecule has 0 unspecified atom stereocenters. The third-order valence-corrected chi connectivity index (χ3v) is 6.63. The molecule has 9 nitrogen and oxygen atoms in total. The molecule has 38 heavy (non-hydrogen) atoms. The SMILES string of the molecule is COc1ccc2c(c1O)CCN(C(=O)c1nc(-c3cc(OC)c(OC)c(OC)c3)nc3ccc(F)cc13)C2. The number of carbonyl (C=O) groups excluding carboxylic acids is 1. The van der Waals surface area contributed by atoms with Crippen LogP contribution in [0.2, 0.25) is 0 Å². The van der Waals surface area contributed by atoms with Gasteiger partial charge in [0.2, 0.25) is 5.75 Å². The molecule has 1 amide bonds. The van der Waals surface area contributed by atoms with E-state index in [1.165, 1.54) is 46.6 Å². The largest absolute Gasteiger partial charge is 0.504 e. The van der Waals surface area contributed by atoms with Crippen LogP contribution in [0.25, 0.3) is 22.3 Å². The van der Waals surface area contributed by atoms with Gasteiger partial charge in [0.1, 0.15) is 11.5 Å². The highest BCUT2D eigenvalue weighted by Gasteiger charge is 2.28. The van der Waals surface area contributed by atoms with Crippen LogP contribution in [0.15, 0.2) is 42.5 Å². The van der Waals surface area contributed by atoms with E-state index in [0.29, 0.717) is 52.4 Å². The minimum absolute atomic E-state index is 0.0689. The predicted molar refractivity (Wildman–Crippen MR) is 138 cm³/mol. The number of phenolic OH excluding ortho intramolecular Hbond substituents is 1. The van der Waals surface area contributed by atoms with E-state index in [2.05, 4.69) is 9.97 Å². The summed E-state index contributed by atoms with van der Waals surface area (Å²) in [6.45, 7) is 0.596. The Bertz CT molecular complexity index is 1530. The lowest BCUT2D eigenvalue weighted by molar-refractivity contribution is 0.0730. The maximum Gasteiger partial charge on any atom is 0.273 e. The van der Waals surface area contributed by atoms with Gasteiger partial charge in [-0.05, 0) is 48.4 Å².